The van der Waals surface area contributed by atoms with Crippen LogP contribution in [0.3, 0.4) is 0 Å². The second kappa shape index (κ2) is 10.2. The van der Waals surface area contributed by atoms with Crippen LogP contribution in [0.1, 0.15) is 21.5 Å². The molecule has 0 radical (unpaired) electrons. The predicted octanol–water partition coefficient (Wildman–Crippen LogP) is 4.05. The Labute approximate surface area is 186 Å². The monoisotopic (exact) mass is 454 g/mol. The van der Waals surface area contributed by atoms with E-state index in [0.717, 1.165) is 12.3 Å². The fourth-order valence-corrected chi connectivity index (χ4v) is 2.77. The first-order chi connectivity index (χ1) is 15.8. The number of hydrogen-bond donors (Lipinski definition) is 3. The molecular formula is C23H17F3N4O3. The molecule has 0 fully saturated rings. The van der Waals surface area contributed by atoms with Crippen LogP contribution in [0.5, 0.6) is 0 Å². The summed E-state index contributed by atoms with van der Waals surface area (Å²) in [6.45, 7) is 0. The molecule has 3 N–H and O–H groups in total. The Balaban J connectivity index is 1.66. The number of para-hydroxylation sites is 2. The average Bonchev–Trinajstić information content (AvgIpc) is 2.79. The SMILES string of the molecule is O=C(N/N=C/c1ccccc1C(F)(F)F)C(=O)Nc1ccccc1C(=O)Nc1ccccc1. The molecule has 3 amide bonds. The van der Waals surface area contributed by atoms with E-state index >= 15 is 0 Å². The summed E-state index contributed by atoms with van der Waals surface area (Å²) in [5.41, 5.74) is 1.35. The molecule has 0 saturated heterocycles. The molecule has 3 aromatic rings. The van der Waals surface area contributed by atoms with Crippen LogP contribution in [0.15, 0.2) is 84.0 Å². The van der Waals surface area contributed by atoms with E-state index in [1.165, 1.54) is 30.3 Å². The fraction of sp³-hybridized carbons (Fsp3) is 0.0435. The number of rotatable bonds is 5. The third kappa shape index (κ3) is 6.26. The minimum atomic E-state index is -4.60. The molecule has 0 atom stereocenters. The number of hydrogen-bond acceptors (Lipinski definition) is 4. The van der Waals surface area contributed by atoms with Gasteiger partial charge in [0, 0.05) is 11.3 Å². The van der Waals surface area contributed by atoms with Gasteiger partial charge < -0.3 is 10.6 Å². The average molecular weight is 454 g/mol. The van der Waals surface area contributed by atoms with E-state index in [9.17, 15) is 27.6 Å². The van der Waals surface area contributed by atoms with E-state index in [1.807, 2.05) is 5.43 Å². The van der Waals surface area contributed by atoms with E-state index < -0.39 is 29.5 Å². The highest BCUT2D eigenvalue weighted by Gasteiger charge is 2.32. The molecule has 0 aliphatic rings. The predicted molar refractivity (Wildman–Crippen MR) is 117 cm³/mol. The van der Waals surface area contributed by atoms with Crippen molar-refractivity contribution in [2.75, 3.05) is 10.6 Å². The summed E-state index contributed by atoms with van der Waals surface area (Å²) < 4.78 is 39.0. The van der Waals surface area contributed by atoms with Crippen molar-refractivity contribution < 1.29 is 27.6 Å². The van der Waals surface area contributed by atoms with Gasteiger partial charge in [0.1, 0.15) is 0 Å². The molecule has 3 aromatic carbocycles. The Morgan fingerprint density at radius 1 is 0.758 bits per heavy atom. The van der Waals surface area contributed by atoms with Crippen molar-refractivity contribution in [1.82, 2.24) is 5.43 Å². The smallest absolute Gasteiger partial charge is 0.322 e. The van der Waals surface area contributed by atoms with Crippen molar-refractivity contribution in [3.8, 4) is 0 Å². The Kier molecular flexibility index (Phi) is 7.19. The first-order valence-corrected chi connectivity index (χ1v) is 9.52. The lowest BCUT2D eigenvalue weighted by molar-refractivity contribution is -0.137. The summed E-state index contributed by atoms with van der Waals surface area (Å²) in [5.74, 6) is -2.90. The zero-order valence-electron chi connectivity index (χ0n) is 16.9. The van der Waals surface area contributed by atoms with Gasteiger partial charge in [-0.15, -0.1) is 0 Å². The van der Waals surface area contributed by atoms with Gasteiger partial charge in [0.25, 0.3) is 5.91 Å². The summed E-state index contributed by atoms with van der Waals surface area (Å²) in [6.07, 6.45) is -3.82. The van der Waals surface area contributed by atoms with Crippen molar-refractivity contribution in [3.63, 3.8) is 0 Å². The maximum Gasteiger partial charge on any atom is 0.417 e. The van der Waals surface area contributed by atoms with Crippen LogP contribution in [0.4, 0.5) is 24.5 Å². The largest absolute Gasteiger partial charge is 0.417 e. The summed E-state index contributed by atoms with van der Waals surface area (Å²) >= 11 is 0. The second-order valence-corrected chi connectivity index (χ2v) is 6.60. The van der Waals surface area contributed by atoms with Gasteiger partial charge in [-0.3, -0.25) is 14.4 Å². The molecular weight excluding hydrogens is 437 g/mol. The maximum atomic E-state index is 13.0. The molecule has 0 saturated carbocycles. The minimum absolute atomic E-state index is 0.0671. The van der Waals surface area contributed by atoms with Gasteiger partial charge in [0.2, 0.25) is 0 Å². The molecule has 0 unspecified atom stereocenters. The molecule has 168 valence electrons. The summed E-state index contributed by atoms with van der Waals surface area (Å²) in [4.78, 5) is 36.8. The topological polar surface area (TPSA) is 99.7 Å². The standard InChI is InChI=1S/C23H17F3N4O3/c24-23(25,26)18-12-6-4-8-15(18)14-27-30-22(33)21(32)29-19-13-7-5-11-17(19)20(31)28-16-9-2-1-3-10-16/h1-14H,(H,28,31)(H,29,32)(H,30,33)/b27-14+. The van der Waals surface area contributed by atoms with E-state index in [1.54, 1.807) is 42.5 Å². The number of benzene rings is 3. The number of hydrazone groups is 1. The van der Waals surface area contributed by atoms with Gasteiger partial charge in [0.05, 0.1) is 23.0 Å². The Hall–Kier alpha value is -4.47. The van der Waals surface area contributed by atoms with Crippen LogP contribution in [-0.4, -0.2) is 23.9 Å². The highest BCUT2D eigenvalue weighted by molar-refractivity contribution is 6.40. The molecule has 0 heterocycles. The van der Waals surface area contributed by atoms with E-state index in [0.29, 0.717) is 5.69 Å². The number of alkyl halides is 3. The summed E-state index contributed by atoms with van der Waals surface area (Å²) in [5, 5.41) is 8.39. The lowest BCUT2D eigenvalue weighted by Gasteiger charge is -2.11. The second-order valence-electron chi connectivity index (χ2n) is 6.60. The van der Waals surface area contributed by atoms with Crippen LogP contribution in [0.25, 0.3) is 0 Å². The Bertz CT molecular complexity index is 1190. The lowest BCUT2D eigenvalue weighted by Crippen LogP contribution is -2.33. The van der Waals surface area contributed by atoms with Crippen molar-refractivity contribution in [3.05, 3.63) is 95.6 Å². The van der Waals surface area contributed by atoms with Gasteiger partial charge in [0.15, 0.2) is 0 Å². The van der Waals surface area contributed by atoms with Crippen LogP contribution in [0.2, 0.25) is 0 Å². The van der Waals surface area contributed by atoms with Gasteiger partial charge in [-0.2, -0.15) is 18.3 Å². The normalized spacial score (nSPS) is 11.1. The van der Waals surface area contributed by atoms with Crippen LogP contribution >= 0.6 is 0 Å². The molecule has 0 bridgehead atoms. The van der Waals surface area contributed by atoms with Crippen molar-refractivity contribution in [2.24, 2.45) is 5.10 Å². The van der Waals surface area contributed by atoms with Gasteiger partial charge >= 0.3 is 18.0 Å². The summed E-state index contributed by atoms with van der Waals surface area (Å²) in [6, 6.07) is 19.3. The molecule has 7 nitrogen and oxygen atoms in total. The number of amides is 3. The first kappa shape index (κ1) is 23.2. The van der Waals surface area contributed by atoms with Crippen LogP contribution in [-0.2, 0) is 15.8 Å². The van der Waals surface area contributed by atoms with Gasteiger partial charge in [-0.05, 0) is 30.3 Å². The maximum absolute atomic E-state index is 13.0. The molecule has 10 heteroatoms. The van der Waals surface area contributed by atoms with Crippen LogP contribution < -0.4 is 16.1 Å². The molecule has 3 rings (SSSR count). The third-order valence-corrected chi connectivity index (χ3v) is 4.29. The van der Waals surface area contributed by atoms with E-state index in [4.69, 9.17) is 0 Å². The Morgan fingerprint density at radius 2 is 1.39 bits per heavy atom. The third-order valence-electron chi connectivity index (χ3n) is 4.29. The number of nitrogens with zero attached hydrogens (tertiary/aromatic N) is 1. The number of nitrogens with one attached hydrogen (secondary N) is 3. The highest BCUT2D eigenvalue weighted by atomic mass is 19.4. The summed E-state index contributed by atoms with van der Waals surface area (Å²) in [7, 11) is 0. The minimum Gasteiger partial charge on any atom is -0.322 e. The number of carbonyl (C=O) groups excluding carboxylic acids is 3. The number of halogens is 3. The van der Waals surface area contributed by atoms with Gasteiger partial charge in [-0.25, -0.2) is 5.43 Å². The molecule has 0 aliphatic heterocycles. The van der Waals surface area contributed by atoms with Crippen LogP contribution in [0, 0.1) is 0 Å². The van der Waals surface area contributed by atoms with Gasteiger partial charge in [-0.1, -0.05) is 48.5 Å². The van der Waals surface area contributed by atoms with E-state index in [-0.39, 0.29) is 16.8 Å². The van der Waals surface area contributed by atoms with Crippen molar-refractivity contribution >= 4 is 35.3 Å². The zero-order valence-corrected chi connectivity index (χ0v) is 16.9. The zero-order chi connectivity index (χ0) is 23.8. The first-order valence-electron chi connectivity index (χ1n) is 9.52. The molecule has 0 spiro atoms. The van der Waals surface area contributed by atoms with Crippen molar-refractivity contribution in [2.45, 2.75) is 6.18 Å². The lowest BCUT2D eigenvalue weighted by atomic mass is 10.1. The molecule has 33 heavy (non-hydrogen) atoms. The quantitative estimate of drug-likeness (QED) is 0.308. The Morgan fingerprint density at radius 3 is 2.12 bits per heavy atom. The van der Waals surface area contributed by atoms with E-state index in [2.05, 4.69) is 15.7 Å². The molecule has 0 aromatic heterocycles. The number of anilines is 2. The number of carbonyl (C=O) groups is 3. The highest BCUT2D eigenvalue weighted by Crippen LogP contribution is 2.31. The fourth-order valence-electron chi connectivity index (χ4n) is 2.77. The van der Waals surface area contributed by atoms with Crippen molar-refractivity contribution in [1.29, 1.82) is 0 Å². The molecule has 0 aliphatic carbocycles.